The van der Waals surface area contributed by atoms with Gasteiger partial charge in [0.25, 0.3) is 0 Å². The average Bonchev–Trinajstić information content (AvgIpc) is 2.86. The van der Waals surface area contributed by atoms with Gasteiger partial charge in [-0.25, -0.2) is 0 Å². The third-order valence-corrected chi connectivity index (χ3v) is 4.94. The molecule has 118 valence electrons. The molecule has 5 heteroatoms. The highest BCUT2D eigenvalue weighted by Gasteiger charge is 2.34. The van der Waals surface area contributed by atoms with Crippen LogP contribution in [0.1, 0.15) is 38.7 Å². The number of nitrogens with one attached hydrogen (secondary N) is 1. The maximum atomic E-state index is 12.6. The first-order valence-electron chi connectivity index (χ1n) is 7.22. The number of hydrogen-bond donors (Lipinski definition) is 2. The lowest BCUT2D eigenvalue weighted by molar-refractivity contribution is -0.126. The molecule has 0 spiro atoms. The Labute approximate surface area is 141 Å². The molecule has 0 aromatic heterocycles. The molecule has 0 saturated heterocycles. The van der Waals surface area contributed by atoms with Crippen LogP contribution >= 0.6 is 28.3 Å². The summed E-state index contributed by atoms with van der Waals surface area (Å²) in [4.78, 5) is 12.6. The van der Waals surface area contributed by atoms with Crippen LogP contribution in [0.3, 0.4) is 0 Å². The van der Waals surface area contributed by atoms with Crippen molar-refractivity contribution in [2.45, 2.75) is 44.6 Å². The highest BCUT2D eigenvalue weighted by atomic mass is 79.9. The van der Waals surface area contributed by atoms with Crippen LogP contribution in [0.2, 0.25) is 0 Å². The fraction of sp³-hybridized carbons (Fsp3) is 0.562. The molecule has 1 aromatic rings. The lowest BCUT2D eigenvalue weighted by Gasteiger charge is -2.28. The minimum Gasteiger partial charge on any atom is -0.352 e. The maximum absolute atomic E-state index is 12.6. The number of benzene rings is 1. The van der Waals surface area contributed by atoms with Crippen molar-refractivity contribution < 1.29 is 4.79 Å². The molecule has 1 aliphatic rings. The van der Waals surface area contributed by atoms with E-state index in [0.717, 1.165) is 29.3 Å². The molecular weight excluding hydrogens is 352 g/mol. The van der Waals surface area contributed by atoms with E-state index in [0.29, 0.717) is 12.5 Å². The van der Waals surface area contributed by atoms with Gasteiger partial charge in [-0.05, 0) is 56.8 Å². The predicted molar refractivity (Wildman–Crippen MR) is 92.7 cm³/mol. The second-order valence-electron chi connectivity index (χ2n) is 6.14. The van der Waals surface area contributed by atoms with E-state index in [2.05, 4.69) is 21.2 Å². The summed E-state index contributed by atoms with van der Waals surface area (Å²) in [6, 6.07) is 8.19. The molecule has 0 heterocycles. The normalized spacial score (nSPS) is 21.7. The molecule has 1 fully saturated rings. The molecule has 3 N–H and O–H groups in total. The smallest absolute Gasteiger partial charge is 0.230 e. The van der Waals surface area contributed by atoms with Gasteiger partial charge in [0, 0.05) is 10.5 Å². The van der Waals surface area contributed by atoms with E-state index in [1.807, 2.05) is 38.1 Å². The molecule has 3 nitrogen and oxygen atoms in total. The summed E-state index contributed by atoms with van der Waals surface area (Å²) in [5.74, 6) is 0.518. The summed E-state index contributed by atoms with van der Waals surface area (Å²) >= 11 is 3.42. The quantitative estimate of drug-likeness (QED) is 0.847. The van der Waals surface area contributed by atoms with E-state index in [1.165, 1.54) is 0 Å². The minimum absolute atomic E-state index is 0. The molecule has 2 atom stereocenters. The Balaban J connectivity index is 0.00000220. The van der Waals surface area contributed by atoms with Crippen molar-refractivity contribution in [3.63, 3.8) is 0 Å². The van der Waals surface area contributed by atoms with Gasteiger partial charge in [0.1, 0.15) is 0 Å². The molecule has 2 rings (SSSR count). The van der Waals surface area contributed by atoms with Gasteiger partial charge < -0.3 is 11.1 Å². The maximum Gasteiger partial charge on any atom is 0.230 e. The third kappa shape index (κ3) is 4.21. The second kappa shape index (κ2) is 7.61. The fourth-order valence-corrected chi connectivity index (χ4v) is 3.12. The van der Waals surface area contributed by atoms with Gasteiger partial charge in [0.15, 0.2) is 0 Å². The SMILES string of the molecule is CC(C)(C(=O)NC1CCCC1CN)c1ccc(Br)cc1.Cl. The van der Waals surface area contributed by atoms with Crippen molar-refractivity contribution in [2.24, 2.45) is 11.7 Å². The summed E-state index contributed by atoms with van der Waals surface area (Å²) < 4.78 is 1.02. The van der Waals surface area contributed by atoms with Crippen molar-refractivity contribution in [1.82, 2.24) is 5.32 Å². The monoisotopic (exact) mass is 374 g/mol. The highest BCUT2D eigenvalue weighted by molar-refractivity contribution is 9.10. The van der Waals surface area contributed by atoms with Crippen LogP contribution < -0.4 is 11.1 Å². The summed E-state index contributed by atoms with van der Waals surface area (Å²) in [6.07, 6.45) is 3.33. The van der Waals surface area contributed by atoms with E-state index in [4.69, 9.17) is 5.73 Å². The van der Waals surface area contributed by atoms with Crippen LogP contribution in [0.4, 0.5) is 0 Å². The Morgan fingerprint density at radius 2 is 1.95 bits per heavy atom. The van der Waals surface area contributed by atoms with E-state index >= 15 is 0 Å². The lowest BCUT2D eigenvalue weighted by Crippen LogP contribution is -2.47. The zero-order chi connectivity index (χ0) is 14.8. The molecule has 21 heavy (non-hydrogen) atoms. The van der Waals surface area contributed by atoms with Crippen LogP contribution in [0.25, 0.3) is 0 Å². The first-order valence-corrected chi connectivity index (χ1v) is 8.01. The van der Waals surface area contributed by atoms with Gasteiger partial charge in [-0.15, -0.1) is 12.4 Å². The number of carbonyl (C=O) groups is 1. The fourth-order valence-electron chi connectivity index (χ4n) is 2.86. The van der Waals surface area contributed by atoms with E-state index < -0.39 is 5.41 Å². The lowest BCUT2D eigenvalue weighted by atomic mass is 9.83. The predicted octanol–water partition coefficient (Wildman–Crippen LogP) is 3.39. The van der Waals surface area contributed by atoms with Gasteiger partial charge in [-0.3, -0.25) is 4.79 Å². The molecule has 1 aromatic carbocycles. The summed E-state index contributed by atoms with van der Waals surface area (Å²) in [5.41, 5.74) is 6.28. The number of halogens is 2. The van der Waals surface area contributed by atoms with Gasteiger partial charge in [0.2, 0.25) is 5.91 Å². The van der Waals surface area contributed by atoms with Crippen molar-refractivity contribution in [1.29, 1.82) is 0 Å². The Bertz CT molecular complexity index is 476. The Morgan fingerprint density at radius 3 is 2.52 bits per heavy atom. The summed E-state index contributed by atoms with van der Waals surface area (Å²) in [6.45, 7) is 4.60. The van der Waals surface area contributed by atoms with Crippen molar-refractivity contribution in [3.05, 3.63) is 34.3 Å². The van der Waals surface area contributed by atoms with Gasteiger partial charge in [0.05, 0.1) is 5.41 Å². The Kier molecular flexibility index (Phi) is 6.70. The first-order chi connectivity index (χ1) is 9.45. The molecule has 2 unspecified atom stereocenters. The Morgan fingerprint density at radius 1 is 1.33 bits per heavy atom. The molecule has 0 bridgehead atoms. The molecule has 1 saturated carbocycles. The summed E-state index contributed by atoms with van der Waals surface area (Å²) in [7, 11) is 0. The third-order valence-electron chi connectivity index (χ3n) is 4.41. The van der Waals surface area contributed by atoms with Crippen LogP contribution in [0.5, 0.6) is 0 Å². The van der Waals surface area contributed by atoms with E-state index in [-0.39, 0.29) is 24.4 Å². The minimum atomic E-state index is -0.525. The second-order valence-corrected chi connectivity index (χ2v) is 7.05. The largest absolute Gasteiger partial charge is 0.352 e. The zero-order valence-corrected chi connectivity index (χ0v) is 15.0. The van der Waals surface area contributed by atoms with Crippen molar-refractivity contribution in [2.75, 3.05) is 6.54 Å². The number of rotatable bonds is 4. The van der Waals surface area contributed by atoms with Crippen LogP contribution in [-0.4, -0.2) is 18.5 Å². The zero-order valence-electron chi connectivity index (χ0n) is 12.6. The number of carbonyl (C=O) groups excluding carboxylic acids is 1. The van der Waals surface area contributed by atoms with Crippen LogP contribution in [0, 0.1) is 5.92 Å². The van der Waals surface area contributed by atoms with Crippen molar-refractivity contribution >= 4 is 34.2 Å². The topological polar surface area (TPSA) is 55.1 Å². The van der Waals surface area contributed by atoms with Gasteiger partial charge >= 0.3 is 0 Å². The van der Waals surface area contributed by atoms with Gasteiger partial charge in [-0.1, -0.05) is 34.5 Å². The van der Waals surface area contributed by atoms with E-state index in [9.17, 15) is 4.79 Å². The first kappa shape index (κ1) is 18.5. The van der Waals surface area contributed by atoms with E-state index in [1.54, 1.807) is 0 Å². The van der Waals surface area contributed by atoms with Crippen LogP contribution in [-0.2, 0) is 10.2 Å². The molecule has 0 radical (unpaired) electrons. The van der Waals surface area contributed by atoms with Crippen LogP contribution in [0.15, 0.2) is 28.7 Å². The number of nitrogens with two attached hydrogens (primary N) is 1. The number of hydrogen-bond acceptors (Lipinski definition) is 2. The number of amides is 1. The molecule has 0 aliphatic heterocycles. The standard InChI is InChI=1S/C16H23BrN2O.ClH/c1-16(2,12-6-8-13(17)9-7-12)15(20)19-14-5-3-4-11(14)10-18;/h6-9,11,14H,3-5,10,18H2,1-2H3,(H,19,20);1H. The average molecular weight is 376 g/mol. The van der Waals surface area contributed by atoms with Gasteiger partial charge in [-0.2, -0.15) is 0 Å². The van der Waals surface area contributed by atoms with Crippen molar-refractivity contribution in [3.8, 4) is 0 Å². The summed E-state index contributed by atoms with van der Waals surface area (Å²) in [5, 5.41) is 3.20. The Hall–Kier alpha value is -0.580. The molecular formula is C16H24BrClN2O. The molecule has 1 amide bonds. The highest BCUT2D eigenvalue weighted by Crippen LogP contribution is 2.28. The molecule has 1 aliphatic carbocycles.